The van der Waals surface area contributed by atoms with E-state index in [4.69, 9.17) is 0 Å². The topological polar surface area (TPSA) is 61.4 Å². The number of carbonyl (C=O) groups excluding carboxylic acids is 2. The Balaban J connectivity index is 1.79. The minimum Gasteiger partial charge on any atom is -0.343 e. The van der Waals surface area contributed by atoms with Gasteiger partial charge in [0.1, 0.15) is 0 Å². The van der Waals surface area contributed by atoms with Gasteiger partial charge in [0, 0.05) is 31.7 Å². The molecule has 1 heterocycles. The zero-order chi connectivity index (χ0) is 15.9. The Kier molecular flexibility index (Phi) is 5.81. The van der Waals surface area contributed by atoms with Crippen LogP contribution >= 0.6 is 0 Å². The zero-order valence-corrected chi connectivity index (χ0v) is 13.4. The van der Waals surface area contributed by atoms with Crippen molar-refractivity contribution in [3.05, 3.63) is 29.3 Å². The number of benzene rings is 1. The number of carbonyl (C=O) groups is 2. The van der Waals surface area contributed by atoms with E-state index in [9.17, 15) is 9.59 Å². The van der Waals surface area contributed by atoms with Crippen molar-refractivity contribution in [3.8, 4) is 0 Å². The number of hydrogen-bond donors (Lipinski definition) is 2. The van der Waals surface area contributed by atoms with Crippen molar-refractivity contribution in [2.24, 2.45) is 0 Å². The first kappa shape index (κ1) is 16.3. The van der Waals surface area contributed by atoms with Gasteiger partial charge < -0.3 is 15.5 Å². The van der Waals surface area contributed by atoms with Crippen molar-refractivity contribution in [1.29, 1.82) is 0 Å². The molecule has 3 amide bonds. The van der Waals surface area contributed by atoms with Crippen LogP contribution in [0.4, 0.5) is 10.5 Å². The third kappa shape index (κ3) is 4.23. The molecule has 1 aromatic carbocycles. The molecule has 0 radical (unpaired) electrons. The first-order valence-corrected chi connectivity index (χ1v) is 8.03. The standard InChI is InChI=1S/C17H25N3O2/c1-3-14-8-6-7-13(2)16(14)19-17(22)18-10-9-15(21)20-11-4-5-12-20/h6-8H,3-5,9-12H2,1-2H3,(H2,18,19,22). The lowest BCUT2D eigenvalue weighted by Crippen LogP contribution is -2.34. The molecule has 22 heavy (non-hydrogen) atoms. The van der Waals surface area contributed by atoms with Gasteiger partial charge in [-0.05, 0) is 37.3 Å². The number of para-hydroxylation sites is 1. The number of anilines is 1. The Bertz CT molecular complexity index is 537. The number of hydrogen-bond acceptors (Lipinski definition) is 2. The molecule has 5 heteroatoms. The summed E-state index contributed by atoms with van der Waals surface area (Å²) in [6.45, 7) is 6.12. The minimum absolute atomic E-state index is 0.128. The van der Waals surface area contributed by atoms with Crippen LogP contribution in [0.15, 0.2) is 18.2 Å². The molecule has 1 saturated heterocycles. The van der Waals surface area contributed by atoms with E-state index in [1.165, 1.54) is 0 Å². The number of nitrogens with zero attached hydrogens (tertiary/aromatic N) is 1. The Labute approximate surface area is 132 Å². The van der Waals surface area contributed by atoms with Gasteiger partial charge in [-0.1, -0.05) is 25.1 Å². The Morgan fingerprint density at radius 2 is 1.95 bits per heavy atom. The van der Waals surface area contributed by atoms with Crippen molar-refractivity contribution >= 4 is 17.6 Å². The fourth-order valence-corrected chi connectivity index (χ4v) is 2.77. The van der Waals surface area contributed by atoms with Gasteiger partial charge in [0.25, 0.3) is 0 Å². The van der Waals surface area contributed by atoms with E-state index >= 15 is 0 Å². The SMILES string of the molecule is CCc1cccc(C)c1NC(=O)NCCC(=O)N1CCCC1. The molecule has 0 atom stereocenters. The molecule has 1 fully saturated rings. The van der Waals surface area contributed by atoms with Crippen LogP contribution in [0, 0.1) is 6.92 Å². The van der Waals surface area contributed by atoms with E-state index < -0.39 is 0 Å². The lowest BCUT2D eigenvalue weighted by Gasteiger charge is -2.16. The van der Waals surface area contributed by atoms with Crippen molar-refractivity contribution < 1.29 is 9.59 Å². The average Bonchev–Trinajstić information content (AvgIpc) is 3.03. The third-order valence-corrected chi connectivity index (χ3v) is 4.06. The van der Waals surface area contributed by atoms with Crippen LogP contribution in [0.3, 0.4) is 0 Å². The summed E-state index contributed by atoms with van der Waals surface area (Å²) in [7, 11) is 0. The van der Waals surface area contributed by atoms with Crippen LogP contribution in [0.5, 0.6) is 0 Å². The smallest absolute Gasteiger partial charge is 0.319 e. The predicted octanol–water partition coefficient (Wildman–Crippen LogP) is 2.69. The summed E-state index contributed by atoms with van der Waals surface area (Å²) in [4.78, 5) is 25.8. The quantitative estimate of drug-likeness (QED) is 0.878. The molecule has 5 nitrogen and oxygen atoms in total. The molecule has 2 N–H and O–H groups in total. The molecule has 0 aromatic heterocycles. The first-order chi connectivity index (χ1) is 10.6. The second-order valence-electron chi connectivity index (χ2n) is 5.68. The molecule has 1 aromatic rings. The summed E-state index contributed by atoms with van der Waals surface area (Å²) in [5.74, 6) is 0.128. The highest BCUT2D eigenvalue weighted by atomic mass is 16.2. The van der Waals surface area contributed by atoms with Gasteiger partial charge in [-0.15, -0.1) is 0 Å². The van der Waals surface area contributed by atoms with Crippen LogP contribution < -0.4 is 10.6 Å². The summed E-state index contributed by atoms with van der Waals surface area (Å²) in [5, 5.41) is 5.66. The van der Waals surface area contributed by atoms with E-state index in [1.807, 2.05) is 30.0 Å². The fourth-order valence-electron chi connectivity index (χ4n) is 2.77. The molecule has 0 unspecified atom stereocenters. The maximum absolute atomic E-state index is 12.0. The van der Waals surface area contributed by atoms with Gasteiger partial charge >= 0.3 is 6.03 Å². The molecule has 0 bridgehead atoms. The molecule has 120 valence electrons. The normalized spacial score (nSPS) is 14.0. The molecule has 0 saturated carbocycles. The summed E-state index contributed by atoms with van der Waals surface area (Å²) < 4.78 is 0. The maximum atomic E-state index is 12.0. The molecular formula is C17H25N3O2. The van der Waals surface area contributed by atoms with Gasteiger partial charge in [0.15, 0.2) is 0 Å². The van der Waals surface area contributed by atoms with Crippen molar-refractivity contribution in [2.75, 3.05) is 25.0 Å². The van der Waals surface area contributed by atoms with Crippen LogP contribution in [-0.4, -0.2) is 36.5 Å². The van der Waals surface area contributed by atoms with E-state index in [-0.39, 0.29) is 11.9 Å². The minimum atomic E-state index is -0.252. The molecule has 1 aliphatic heterocycles. The molecular weight excluding hydrogens is 278 g/mol. The average molecular weight is 303 g/mol. The van der Waals surface area contributed by atoms with Crippen molar-refractivity contribution in [1.82, 2.24) is 10.2 Å². The van der Waals surface area contributed by atoms with E-state index in [0.29, 0.717) is 13.0 Å². The van der Waals surface area contributed by atoms with Gasteiger partial charge in [-0.3, -0.25) is 4.79 Å². The first-order valence-electron chi connectivity index (χ1n) is 8.03. The lowest BCUT2D eigenvalue weighted by atomic mass is 10.1. The van der Waals surface area contributed by atoms with Crippen molar-refractivity contribution in [2.45, 2.75) is 39.5 Å². The summed E-state index contributed by atoms with van der Waals surface area (Å²) >= 11 is 0. The zero-order valence-electron chi connectivity index (χ0n) is 13.4. The lowest BCUT2D eigenvalue weighted by molar-refractivity contribution is -0.129. The maximum Gasteiger partial charge on any atom is 0.319 e. The van der Waals surface area contributed by atoms with E-state index in [1.54, 1.807) is 0 Å². The van der Waals surface area contributed by atoms with Gasteiger partial charge in [0.2, 0.25) is 5.91 Å². The van der Waals surface area contributed by atoms with Crippen LogP contribution in [-0.2, 0) is 11.2 Å². The number of rotatable bonds is 5. The van der Waals surface area contributed by atoms with Crippen molar-refractivity contribution in [3.63, 3.8) is 0 Å². The largest absolute Gasteiger partial charge is 0.343 e. The predicted molar refractivity (Wildman–Crippen MR) is 88.0 cm³/mol. The van der Waals surface area contributed by atoms with Gasteiger partial charge in [0.05, 0.1) is 0 Å². The number of likely N-dealkylation sites (tertiary alicyclic amines) is 1. The summed E-state index contributed by atoms with van der Waals surface area (Å²) in [5.41, 5.74) is 3.03. The highest BCUT2D eigenvalue weighted by molar-refractivity contribution is 5.91. The fraction of sp³-hybridized carbons (Fsp3) is 0.529. The van der Waals surface area contributed by atoms with Gasteiger partial charge in [-0.25, -0.2) is 4.79 Å². The monoisotopic (exact) mass is 303 g/mol. The van der Waals surface area contributed by atoms with Crippen LogP contribution in [0.25, 0.3) is 0 Å². The highest BCUT2D eigenvalue weighted by Gasteiger charge is 2.17. The Morgan fingerprint density at radius 3 is 2.64 bits per heavy atom. The highest BCUT2D eigenvalue weighted by Crippen LogP contribution is 2.20. The number of nitrogens with one attached hydrogen (secondary N) is 2. The second-order valence-corrected chi connectivity index (χ2v) is 5.68. The van der Waals surface area contributed by atoms with E-state index in [2.05, 4.69) is 17.6 Å². The molecule has 0 aliphatic carbocycles. The number of urea groups is 1. The number of aryl methyl sites for hydroxylation is 2. The molecule has 2 rings (SSSR count). The van der Waals surface area contributed by atoms with E-state index in [0.717, 1.165) is 49.2 Å². The Hall–Kier alpha value is -2.04. The third-order valence-electron chi connectivity index (χ3n) is 4.06. The Morgan fingerprint density at radius 1 is 1.23 bits per heavy atom. The van der Waals surface area contributed by atoms with Crippen LogP contribution in [0.1, 0.15) is 37.3 Å². The van der Waals surface area contributed by atoms with Crippen LogP contribution in [0.2, 0.25) is 0 Å². The molecule has 1 aliphatic rings. The number of amides is 3. The summed E-state index contributed by atoms with van der Waals surface area (Å²) in [6.07, 6.45) is 3.41. The summed E-state index contributed by atoms with van der Waals surface area (Å²) in [6, 6.07) is 5.73. The second kappa shape index (κ2) is 7.82. The van der Waals surface area contributed by atoms with Gasteiger partial charge in [-0.2, -0.15) is 0 Å². The molecule has 0 spiro atoms.